The SMILES string of the molecule is CC[C@H](CO)NC(=O)CCc1nc2ccccc2s1. The highest BCUT2D eigenvalue weighted by Crippen LogP contribution is 2.22. The van der Waals surface area contributed by atoms with Crippen molar-refractivity contribution in [2.75, 3.05) is 6.61 Å². The number of hydrogen-bond donors (Lipinski definition) is 2. The Kier molecular flexibility index (Phi) is 4.87. The van der Waals surface area contributed by atoms with Crippen molar-refractivity contribution in [2.24, 2.45) is 0 Å². The maximum absolute atomic E-state index is 11.7. The molecule has 2 N–H and O–H groups in total. The minimum absolute atomic E-state index is 0.0105. The molecule has 2 rings (SSSR count). The number of aliphatic hydroxyl groups is 1. The van der Waals surface area contributed by atoms with Gasteiger partial charge in [-0.2, -0.15) is 0 Å². The van der Waals surface area contributed by atoms with E-state index < -0.39 is 0 Å². The van der Waals surface area contributed by atoms with E-state index >= 15 is 0 Å². The number of thiazole rings is 1. The molecule has 0 spiro atoms. The van der Waals surface area contributed by atoms with Crippen molar-refractivity contribution in [2.45, 2.75) is 32.2 Å². The number of nitrogens with zero attached hydrogens (tertiary/aromatic N) is 1. The smallest absolute Gasteiger partial charge is 0.220 e. The Hall–Kier alpha value is -1.46. The second-order valence-electron chi connectivity index (χ2n) is 4.43. The maximum atomic E-state index is 11.7. The van der Waals surface area contributed by atoms with E-state index in [2.05, 4.69) is 10.3 Å². The lowest BCUT2D eigenvalue weighted by molar-refractivity contribution is -0.122. The highest BCUT2D eigenvalue weighted by atomic mass is 32.1. The number of carbonyl (C=O) groups is 1. The molecule has 19 heavy (non-hydrogen) atoms. The van der Waals surface area contributed by atoms with Crippen molar-refractivity contribution in [1.82, 2.24) is 10.3 Å². The molecule has 1 amide bonds. The van der Waals surface area contributed by atoms with Crippen LogP contribution in [0.15, 0.2) is 24.3 Å². The summed E-state index contributed by atoms with van der Waals surface area (Å²) in [5.41, 5.74) is 0.990. The van der Waals surface area contributed by atoms with Gasteiger partial charge in [-0.3, -0.25) is 4.79 Å². The van der Waals surface area contributed by atoms with Gasteiger partial charge in [0, 0.05) is 12.8 Å². The minimum Gasteiger partial charge on any atom is -0.394 e. The van der Waals surface area contributed by atoms with Gasteiger partial charge in [0.15, 0.2) is 0 Å². The molecule has 0 bridgehead atoms. The van der Waals surface area contributed by atoms with Crippen LogP contribution in [0.25, 0.3) is 10.2 Å². The Labute approximate surface area is 116 Å². The first-order valence-corrected chi connectivity index (χ1v) is 7.29. The Morgan fingerprint density at radius 1 is 1.47 bits per heavy atom. The van der Waals surface area contributed by atoms with Crippen LogP contribution in [0.5, 0.6) is 0 Å². The first-order valence-electron chi connectivity index (χ1n) is 6.47. The quantitative estimate of drug-likeness (QED) is 0.850. The number of aryl methyl sites for hydroxylation is 1. The number of nitrogens with one attached hydrogen (secondary N) is 1. The molecule has 0 fully saturated rings. The Morgan fingerprint density at radius 2 is 2.26 bits per heavy atom. The predicted octanol–water partition coefficient (Wildman–Crippen LogP) is 2.12. The second-order valence-corrected chi connectivity index (χ2v) is 5.55. The third-order valence-corrected chi connectivity index (χ3v) is 4.08. The fraction of sp³-hybridized carbons (Fsp3) is 0.429. The summed E-state index contributed by atoms with van der Waals surface area (Å²) < 4.78 is 1.15. The van der Waals surface area contributed by atoms with Crippen molar-refractivity contribution < 1.29 is 9.90 Å². The summed E-state index contributed by atoms with van der Waals surface area (Å²) in [4.78, 5) is 16.2. The average Bonchev–Trinajstić information content (AvgIpc) is 2.85. The molecule has 1 atom stereocenters. The highest BCUT2D eigenvalue weighted by molar-refractivity contribution is 7.18. The summed E-state index contributed by atoms with van der Waals surface area (Å²) in [6.45, 7) is 1.93. The molecule has 0 aliphatic carbocycles. The predicted molar refractivity (Wildman–Crippen MR) is 77.2 cm³/mol. The third kappa shape index (κ3) is 3.75. The monoisotopic (exact) mass is 278 g/mol. The van der Waals surface area contributed by atoms with Crippen LogP contribution in [0.4, 0.5) is 0 Å². The molecular formula is C14H18N2O2S. The molecule has 0 saturated heterocycles. The number of para-hydroxylation sites is 1. The number of benzene rings is 1. The van der Waals surface area contributed by atoms with Gasteiger partial charge in [-0.25, -0.2) is 4.98 Å². The number of carbonyl (C=O) groups excluding carboxylic acids is 1. The van der Waals surface area contributed by atoms with Crippen LogP contribution in [0.2, 0.25) is 0 Å². The van der Waals surface area contributed by atoms with Crippen LogP contribution >= 0.6 is 11.3 Å². The van der Waals surface area contributed by atoms with E-state index in [1.54, 1.807) is 11.3 Å². The number of amides is 1. The number of hydrogen-bond acceptors (Lipinski definition) is 4. The largest absolute Gasteiger partial charge is 0.394 e. The summed E-state index contributed by atoms with van der Waals surface area (Å²) in [6.07, 6.45) is 1.80. The van der Waals surface area contributed by atoms with E-state index in [1.165, 1.54) is 0 Å². The van der Waals surface area contributed by atoms with Gasteiger partial charge in [-0.05, 0) is 18.6 Å². The normalized spacial score (nSPS) is 12.5. The summed E-state index contributed by atoms with van der Waals surface area (Å²) >= 11 is 1.63. The van der Waals surface area contributed by atoms with Crippen LogP contribution in [-0.2, 0) is 11.2 Å². The Bertz CT molecular complexity index is 516. The molecule has 102 valence electrons. The summed E-state index contributed by atoms with van der Waals surface area (Å²) in [7, 11) is 0. The summed E-state index contributed by atoms with van der Waals surface area (Å²) in [5, 5.41) is 12.8. The standard InChI is InChI=1S/C14H18N2O2S/c1-2-10(9-17)15-13(18)7-8-14-16-11-5-3-4-6-12(11)19-14/h3-6,10,17H,2,7-9H2,1H3,(H,15,18)/t10-/m1/s1. The minimum atomic E-state index is -0.136. The summed E-state index contributed by atoms with van der Waals surface area (Å²) in [6, 6.07) is 7.84. The lowest BCUT2D eigenvalue weighted by Gasteiger charge is -2.13. The molecule has 0 aliphatic heterocycles. The van der Waals surface area contributed by atoms with Crippen LogP contribution in [0, 0.1) is 0 Å². The first kappa shape index (κ1) is 14.0. The summed E-state index contributed by atoms with van der Waals surface area (Å²) in [5.74, 6) is -0.0276. The molecule has 2 aromatic rings. The number of rotatable bonds is 6. The molecule has 4 nitrogen and oxygen atoms in total. The number of aliphatic hydroxyl groups excluding tert-OH is 1. The highest BCUT2D eigenvalue weighted by Gasteiger charge is 2.10. The lowest BCUT2D eigenvalue weighted by atomic mass is 10.2. The van der Waals surface area contributed by atoms with E-state index in [0.717, 1.165) is 21.6 Å². The zero-order chi connectivity index (χ0) is 13.7. The molecule has 0 radical (unpaired) electrons. The molecule has 1 heterocycles. The fourth-order valence-corrected chi connectivity index (χ4v) is 2.79. The molecule has 1 aromatic heterocycles. The van der Waals surface area contributed by atoms with Gasteiger partial charge in [0.05, 0.1) is 27.9 Å². The van der Waals surface area contributed by atoms with Crippen LogP contribution in [0.3, 0.4) is 0 Å². The topological polar surface area (TPSA) is 62.2 Å². The van der Waals surface area contributed by atoms with E-state index in [4.69, 9.17) is 5.11 Å². The Morgan fingerprint density at radius 3 is 2.95 bits per heavy atom. The molecule has 1 aromatic carbocycles. The van der Waals surface area contributed by atoms with E-state index in [0.29, 0.717) is 12.8 Å². The molecule has 0 unspecified atom stereocenters. The number of fused-ring (bicyclic) bond motifs is 1. The van der Waals surface area contributed by atoms with Crippen molar-refractivity contribution in [3.8, 4) is 0 Å². The van der Waals surface area contributed by atoms with Gasteiger partial charge in [0.25, 0.3) is 0 Å². The van der Waals surface area contributed by atoms with Crippen molar-refractivity contribution >= 4 is 27.5 Å². The van der Waals surface area contributed by atoms with Crippen LogP contribution in [-0.4, -0.2) is 28.6 Å². The average molecular weight is 278 g/mol. The van der Waals surface area contributed by atoms with E-state index in [1.807, 2.05) is 31.2 Å². The van der Waals surface area contributed by atoms with E-state index in [-0.39, 0.29) is 18.6 Å². The Balaban J connectivity index is 1.89. The first-order chi connectivity index (χ1) is 9.22. The van der Waals surface area contributed by atoms with Crippen LogP contribution in [0.1, 0.15) is 24.8 Å². The second kappa shape index (κ2) is 6.63. The third-order valence-electron chi connectivity index (χ3n) is 2.98. The van der Waals surface area contributed by atoms with Crippen LogP contribution < -0.4 is 5.32 Å². The maximum Gasteiger partial charge on any atom is 0.220 e. The molecule has 5 heteroatoms. The molecule has 0 aliphatic rings. The molecule has 0 saturated carbocycles. The van der Waals surface area contributed by atoms with Gasteiger partial charge in [-0.15, -0.1) is 11.3 Å². The van der Waals surface area contributed by atoms with Gasteiger partial charge in [0.1, 0.15) is 0 Å². The van der Waals surface area contributed by atoms with Gasteiger partial charge < -0.3 is 10.4 Å². The zero-order valence-electron chi connectivity index (χ0n) is 10.9. The van der Waals surface area contributed by atoms with Gasteiger partial charge in [-0.1, -0.05) is 19.1 Å². The van der Waals surface area contributed by atoms with Gasteiger partial charge >= 0.3 is 0 Å². The number of aromatic nitrogens is 1. The van der Waals surface area contributed by atoms with E-state index in [9.17, 15) is 4.79 Å². The van der Waals surface area contributed by atoms with Gasteiger partial charge in [0.2, 0.25) is 5.91 Å². The van der Waals surface area contributed by atoms with Crippen molar-refractivity contribution in [3.05, 3.63) is 29.3 Å². The zero-order valence-corrected chi connectivity index (χ0v) is 11.7. The molecular weight excluding hydrogens is 260 g/mol. The lowest BCUT2D eigenvalue weighted by Crippen LogP contribution is -2.36. The van der Waals surface area contributed by atoms with Crippen molar-refractivity contribution in [3.63, 3.8) is 0 Å². The van der Waals surface area contributed by atoms with Crippen molar-refractivity contribution in [1.29, 1.82) is 0 Å². The fourth-order valence-electron chi connectivity index (χ4n) is 1.82.